The summed E-state index contributed by atoms with van der Waals surface area (Å²) in [7, 11) is -17.7. The molecule has 6 heterocycles. The predicted octanol–water partition coefficient (Wildman–Crippen LogP) is 14.0. The molecule has 0 aliphatic rings. The first kappa shape index (κ1) is 50.2. The molecule has 0 unspecified atom stereocenters. The summed E-state index contributed by atoms with van der Waals surface area (Å²) in [5, 5.41) is 3.83. The van der Waals surface area contributed by atoms with Gasteiger partial charge in [-0.2, -0.15) is 0 Å². The van der Waals surface area contributed by atoms with Gasteiger partial charge in [-0.3, -0.25) is 18.3 Å². The van der Waals surface area contributed by atoms with Crippen LogP contribution in [0.25, 0.3) is 48.8 Å². The van der Waals surface area contributed by atoms with E-state index in [-0.39, 0.29) is 83.8 Å². The molecule has 0 fully saturated rings. The van der Waals surface area contributed by atoms with Gasteiger partial charge >= 0.3 is 30.4 Å². The van der Waals surface area contributed by atoms with Crippen LogP contribution >= 0.6 is 98.4 Å². The average molecular weight is 1040 g/mol. The minimum Gasteiger partial charge on any atom is -0.305 e. The van der Waals surface area contributed by atoms with Gasteiger partial charge in [-0.05, 0) is 103 Å². The second-order valence-electron chi connectivity index (χ2n) is 12.5. The Morgan fingerprint density at radius 3 is 0.839 bits per heavy atom. The van der Waals surface area contributed by atoms with Crippen molar-refractivity contribution in [3.63, 3.8) is 0 Å². The van der Waals surface area contributed by atoms with Gasteiger partial charge in [0.25, 0.3) is 0 Å². The van der Waals surface area contributed by atoms with Crippen LogP contribution in [0, 0.1) is 0 Å². The zero-order chi connectivity index (χ0) is 44.7. The van der Waals surface area contributed by atoms with Gasteiger partial charge in [-0.25, -0.2) is 0 Å². The van der Waals surface area contributed by atoms with E-state index in [1.165, 1.54) is 22.7 Å². The van der Waals surface area contributed by atoms with Crippen molar-refractivity contribution in [2.75, 3.05) is 52.9 Å². The van der Waals surface area contributed by atoms with Crippen molar-refractivity contribution in [3.8, 4) is 48.8 Å². The molecule has 0 aliphatic carbocycles. The van der Waals surface area contributed by atoms with Gasteiger partial charge in [-0.1, -0.05) is 12.1 Å². The summed E-state index contributed by atoms with van der Waals surface area (Å²) in [4.78, 5) is 6.57. The summed E-state index contributed by atoms with van der Waals surface area (Å²) in [6, 6.07) is 15.7. The molecular weight excluding hydrogens is 989 g/mol. The normalized spacial score (nSPS) is 12.8. The third-order valence-corrected chi connectivity index (χ3v) is 25.5. The molecule has 0 aromatic carbocycles. The Balaban J connectivity index is 1.87. The van der Waals surface area contributed by atoms with Crippen molar-refractivity contribution in [2.45, 2.75) is 55.4 Å². The highest BCUT2D eigenvalue weighted by atomic mass is 32.1. The van der Waals surface area contributed by atoms with E-state index in [2.05, 4.69) is 0 Å². The molecule has 12 nitrogen and oxygen atoms in total. The highest BCUT2D eigenvalue weighted by molar-refractivity contribution is 7.72. The van der Waals surface area contributed by atoms with Crippen LogP contribution in [0.3, 0.4) is 0 Å². The van der Waals surface area contributed by atoms with Crippen molar-refractivity contribution in [2.24, 2.45) is 0 Å². The summed E-state index contributed by atoms with van der Waals surface area (Å²) in [6.07, 6.45) is 0. The van der Waals surface area contributed by atoms with Gasteiger partial charge in [0.05, 0.1) is 93.6 Å². The summed E-state index contributed by atoms with van der Waals surface area (Å²) >= 11 is 8.35. The first-order valence-corrected chi connectivity index (χ1v) is 31.2. The van der Waals surface area contributed by atoms with E-state index in [0.717, 1.165) is 42.2 Å². The van der Waals surface area contributed by atoms with Crippen molar-refractivity contribution >= 4 is 120 Å². The van der Waals surface area contributed by atoms with Crippen molar-refractivity contribution in [1.82, 2.24) is 0 Å². The Hall–Kier alpha value is -1.20. The van der Waals surface area contributed by atoms with Crippen LogP contribution in [0.15, 0.2) is 59.3 Å². The minimum atomic E-state index is -4.48. The molecule has 0 atom stereocenters. The number of thiophene rings is 6. The lowest BCUT2D eigenvalue weighted by Gasteiger charge is -2.25. The van der Waals surface area contributed by atoms with E-state index in [1.54, 1.807) is 78.1 Å². The SMILES string of the molecule is CCOP(=O)(OCC)c1c(-c2ccc(-c3cccs3)s2)sc(-c2sc(-c3ccc(-c4cccs4)s3)c(P(=O)(OCC)OCC)c2P(=O)(OCC)OCC)c1P(=O)(OCC)OCC. The molecule has 0 N–H and O–H groups in total. The molecule has 0 saturated heterocycles. The second kappa shape index (κ2) is 22.1. The average Bonchev–Trinajstić information content (AvgIpc) is 4.08. The highest BCUT2D eigenvalue weighted by Gasteiger charge is 2.51. The lowest BCUT2D eigenvalue weighted by atomic mass is 10.3. The molecule has 0 amide bonds. The molecule has 338 valence electrons. The zero-order valence-electron chi connectivity index (χ0n) is 35.6. The third kappa shape index (κ3) is 10.2. The van der Waals surface area contributed by atoms with E-state index in [0.29, 0.717) is 19.5 Å². The Bertz CT molecular complexity index is 2370. The van der Waals surface area contributed by atoms with Gasteiger partial charge in [0.1, 0.15) is 0 Å². The van der Waals surface area contributed by atoms with Gasteiger partial charge in [-0.15, -0.1) is 68.0 Å². The topological polar surface area (TPSA) is 142 Å². The van der Waals surface area contributed by atoms with E-state index < -0.39 is 30.4 Å². The molecule has 6 aromatic heterocycles. The number of rotatable bonds is 25. The summed E-state index contributed by atoms with van der Waals surface area (Å²) in [5.41, 5.74) is 0. The summed E-state index contributed by atoms with van der Waals surface area (Å²) in [5.74, 6) is 0. The highest BCUT2D eigenvalue weighted by Crippen LogP contribution is 2.63. The Morgan fingerprint density at radius 2 is 0.597 bits per heavy atom. The maximum absolute atomic E-state index is 15.7. The van der Waals surface area contributed by atoms with Crippen LogP contribution in [0.1, 0.15) is 55.4 Å². The first-order chi connectivity index (χ1) is 29.8. The van der Waals surface area contributed by atoms with Gasteiger partial charge in [0.2, 0.25) is 0 Å². The minimum absolute atomic E-state index is 0.00465. The van der Waals surface area contributed by atoms with E-state index in [1.807, 2.05) is 59.3 Å². The smallest absolute Gasteiger partial charge is 0.305 e. The predicted molar refractivity (Wildman–Crippen MR) is 263 cm³/mol. The quantitative estimate of drug-likeness (QED) is 0.0504. The summed E-state index contributed by atoms with van der Waals surface area (Å²) in [6.45, 7) is 13.3. The monoisotopic (exact) mass is 1040 g/mol. The molecule has 0 saturated carbocycles. The Morgan fingerprint density at radius 1 is 0.339 bits per heavy atom. The van der Waals surface area contributed by atoms with Crippen LogP contribution in [-0.2, 0) is 54.5 Å². The van der Waals surface area contributed by atoms with E-state index >= 15 is 18.3 Å². The van der Waals surface area contributed by atoms with Gasteiger partial charge in [0.15, 0.2) is 0 Å². The van der Waals surface area contributed by atoms with E-state index in [4.69, 9.17) is 36.2 Å². The molecule has 6 aromatic rings. The molecule has 62 heavy (non-hydrogen) atoms. The third-order valence-electron chi connectivity index (χ3n) is 8.60. The molecule has 0 bridgehead atoms. The maximum atomic E-state index is 15.7. The number of hydrogen-bond acceptors (Lipinski definition) is 18. The summed E-state index contributed by atoms with van der Waals surface area (Å²) < 4.78 is 112. The van der Waals surface area contributed by atoms with Gasteiger partial charge < -0.3 is 36.2 Å². The Labute approximate surface area is 387 Å². The fraction of sp³-hybridized carbons (Fsp3) is 0.400. The van der Waals surface area contributed by atoms with Crippen LogP contribution in [-0.4, -0.2) is 52.9 Å². The van der Waals surface area contributed by atoms with Gasteiger partial charge in [0, 0.05) is 29.3 Å². The largest absolute Gasteiger partial charge is 0.363 e. The maximum Gasteiger partial charge on any atom is 0.363 e. The lowest BCUT2D eigenvalue weighted by Crippen LogP contribution is -2.31. The van der Waals surface area contributed by atoms with Crippen LogP contribution in [0.5, 0.6) is 0 Å². The molecular formula is C40H50O12P4S6. The van der Waals surface area contributed by atoms with Crippen molar-refractivity contribution in [1.29, 1.82) is 0 Å². The molecule has 0 spiro atoms. The lowest BCUT2D eigenvalue weighted by molar-refractivity contribution is 0.226. The van der Waals surface area contributed by atoms with Crippen molar-refractivity contribution < 1.29 is 54.5 Å². The molecule has 6 rings (SSSR count). The fourth-order valence-corrected chi connectivity index (χ4v) is 23.7. The van der Waals surface area contributed by atoms with Crippen LogP contribution in [0.4, 0.5) is 0 Å². The van der Waals surface area contributed by atoms with Crippen molar-refractivity contribution in [3.05, 3.63) is 59.3 Å². The zero-order valence-corrected chi connectivity index (χ0v) is 44.0. The van der Waals surface area contributed by atoms with E-state index in [9.17, 15) is 0 Å². The van der Waals surface area contributed by atoms with Crippen LogP contribution < -0.4 is 21.2 Å². The molecule has 22 heteroatoms. The fourth-order valence-electron chi connectivity index (χ4n) is 6.53. The molecule has 0 radical (unpaired) electrons. The first-order valence-electron chi connectivity index (χ1n) is 20.0. The van der Waals surface area contributed by atoms with Crippen LogP contribution in [0.2, 0.25) is 0 Å². The molecule has 0 aliphatic heterocycles. The second-order valence-corrected chi connectivity index (χ2v) is 26.5. The number of hydrogen-bond donors (Lipinski definition) is 0. The Kier molecular flexibility index (Phi) is 17.9. The standard InChI is InChI=1S/C40H50O12P4S6/c1-9-45-53(41,46-10-2)33-35(55(43,49-13-5)50-14-6)39(61-37(33)31-23-21-29(59-31)27-19-17-25-57-27)40-36(56(44,51-15-7)52-16-8)34(54(42,47-11-3)48-12-4)38(62-40)32-24-22-30(60-32)28-20-18-26-58-28/h17-26H,9-16H2,1-8H3.